The number of thioether (sulfide) groups is 1. The predicted octanol–water partition coefficient (Wildman–Crippen LogP) is 5.88. The number of benzene rings is 4. The molecule has 1 saturated heterocycles. The van der Waals surface area contributed by atoms with E-state index in [1.54, 1.807) is 28.6 Å². The number of nitrogens with zero attached hydrogens (tertiary/aromatic N) is 4. The fraction of sp³-hybridized carbons (Fsp3) is 0.257. The molecule has 1 amide bonds. The van der Waals surface area contributed by atoms with Crippen molar-refractivity contribution in [3.63, 3.8) is 0 Å². The van der Waals surface area contributed by atoms with Crippen LogP contribution in [0, 0.1) is 5.92 Å². The molecule has 45 heavy (non-hydrogen) atoms. The Hall–Kier alpha value is -4.35. The lowest BCUT2D eigenvalue weighted by Gasteiger charge is -2.41. The molecule has 0 saturated carbocycles. The number of aliphatic hydroxyl groups excluding tert-OH is 1. The second kappa shape index (κ2) is 14.2. The highest BCUT2D eigenvalue weighted by Crippen LogP contribution is 2.43. The summed E-state index contributed by atoms with van der Waals surface area (Å²) in [6.07, 6.45) is -0.905. The summed E-state index contributed by atoms with van der Waals surface area (Å²) in [5.74, 6) is 0.616. The van der Waals surface area contributed by atoms with Gasteiger partial charge < -0.3 is 19.9 Å². The molecular formula is C35H35N5O4S. The first kappa shape index (κ1) is 30.7. The molecule has 0 unspecified atom stereocenters. The molecule has 0 aliphatic carbocycles. The van der Waals surface area contributed by atoms with Crippen LogP contribution < -0.4 is 5.32 Å². The number of ether oxygens (including phenoxy) is 2. The molecule has 4 atom stereocenters. The van der Waals surface area contributed by atoms with Crippen molar-refractivity contribution in [3.05, 3.63) is 131 Å². The molecule has 2 N–H and O–H groups in total. The molecule has 1 fully saturated rings. The molecule has 0 radical (unpaired) electrons. The quantitative estimate of drug-likeness (QED) is 0.186. The van der Waals surface area contributed by atoms with Gasteiger partial charge in [-0.25, -0.2) is 4.68 Å². The second-order valence-corrected chi connectivity index (χ2v) is 12.1. The molecule has 5 aromatic rings. The van der Waals surface area contributed by atoms with Crippen molar-refractivity contribution in [1.29, 1.82) is 0 Å². The molecule has 1 aromatic heterocycles. The van der Waals surface area contributed by atoms with Crippen molar-refractivity contribution < 1.29 is 19.4 Å². The number of hydrogen-bond donors (Lipinski definition) is 2. The van der Waals surface area contributed by atoms with E-state index in [1.165, 1.54) is 0 Å². The number of aromatic nitrogens is 4. The third kappa shape index (κ3) is 7.32. The van der Waals surface area contributed by atoms with Crippen LogP contribution in [-0.4, -0.2) is 43.1 Å². The van der Waals surface area contributed by atoms with Crippen LogP contribution in [0.4, 0.5) is 0 Å². The van der Waals surface area contributed by atoms with E-state index in [0.717, 1.165) is 38.5 Å². The number of nitrogens with one attached hydrogen (secondary N) is 1. The Morgan fingerprint density at radius 3 is 2.36 bits per heavy atom. The fourth-order valence-corrected chi connectivity index (χ4v) is 6.39. The molecule has 9 nitrogen and oxygen atoms in total. The fourth-order valence-electron chi connectivity index (χ4n) is 5.38. The molecule has 10 heteroatoms. The van der Waals surface area contributed by atoms with Crippen LogP contribution >= 0.6 is 11.8 Å². The number of hydrogen-bond acceptors (Lipinski definition) is 8. The Kier molecular flexibility index (Phi) is 9.66. The third-order valence-corrected chi connectivity index (χ3v) is 9.11. The van der Waals surface area contributed by atoms with Gasteiger partial charge in [-0.15, -0.1) is 5.10 Å². The molecule has 230 valence electrons. The van der Waals surface area contributed by atoms with Crippen LogP contribution in [0.2, 0.25) is 0 Å². The van der Waals surface area contributed by atoms with Gasteiger partial charge in [-0.2, -0.15) is 0 Å². The maximum Gasteiger partial charge on any atom is 0.251 e. The standard InChI is InChI=1S/C35H35N5O4S/c1-23-31(22-45-35-37-38-39-40(35)2)43-34(44-32(23)27-13-11-24(21-41)12-14-27)29-17-15-26(16-18-29)30-10-6-7-25(19-30)20-36-33(42)28-8-4-3-5-9-28/h3-19,23,31-32,34,41H,20-22H2,1-2H3,(H,36,42)/t23-,31+,32+,34+/m1/s1. The lowest BCUT2D eigenvalue weighted by molar-refractivity contribution is -0.268. The molecule has 0 bridgehead atoms. The van der Waals surface area contributed by atoms with Crippen molar-refractivity contribution in [2.24, 2.45) is 13.0 Å². The average Bonchev–Trinajstić information content (AvgIpc) is 3.51. The van der Waals surface area contributed by atoms with Crippen LogP contribution in [0.25, 0.3) is 11.1 Å². The Morgan fingerprint density at radius 2 is 1.64 bits per heavy atom. The monoisotopic (exact) mass is 621 g/mol. The Balaban J connectivity index is 1.18. The summed E-state index contributed by atoms with van der Waals surface area (Å²) in [6.45, 7) is 2.57. The number of aliphatic hydroxyl groups is 1. The minimum absolute atomic E-state index is 0.00429. The Labute approximate surface area is 266 Å². The normalized spacial score (nSPS) is 19.7. The number of rotatable bonds is 10. The van der Waals surface area contributed by atoms with Gasteiger partial charge in [0, 0.05) is 36.4 Å². The van der Waals surface area contributed by atoms with Crippen molar-refractivity contribution in [1.82, 2.24) is 25.5 Å². The molecule has 1 aliphatic rings. The summed E-state index contributed by atoms with van der Waals surface area (Å²) in [4.78, 5) is 12.5. The van der Waals surface area contributed by atoms with Crippen LogP contribution in [0.5, 0.6) is 0 Å². The molecule has 6 rings (SSSR count). The van der Waals surface area contributed by atoms with Crippen LogP contribution in [0.3, 0.4) is 0 Å². The maximum absolute atomic E-state index is 12.5. The van der Waals surface area contributed by atoms with Gasteiger partial charge in [-0.05, 0) is 56.4 Å². The molecule has 0 spiro atoms. The third-order valence-electron chi connectivity index (χ3n) is 8.01. The molecular weight excluding hydrogens is 586 g/mol. The van der Waals surface area contributed by atoms with E-state index in [9.17, 15) is 9.90 Å². The van der Waals surface area contributed by atoms with Gasteiger partial charge in [0.25, 0.3) is 5.91 Å². The first-order chi connectivity index (χ1) is 22.0. The maximum atomic E-state index is 12.5. The van der Waals surface area contributed by atoms with Crippen molar-refractivity contribution >= 4 is 17.7 Å². The van der Waals surface area contributed by atoms with Crippen molar-refractivity contribution in [3.8, 4) is 11.1 Å². The zero-order chi connectivity index (χ0) is 31.2. The highest BCUT2D eigenvalue weighted by Gasteiger charge is 2.38. The van der Waals surface area contributed by atoms with Crippen LogP contribution in [-0.2, 0) is 29.7 Å². The smallest absolute Gasteiger partial charge is 0.251 e. The number of carbonyl (C=O) groups is 1. The predicted molar refractivity (Wildman–Crippen MR) is 172 cm³/mol. The van der Waals surface area contributed by atoms with Gasteiger partial charge >= 0.3 is 0 Å². The summed E-state index contributed by atoms with van der Waals surface area (Å²) >= 11 is 1.56. The van der Waals surface area contributed by atoms with Crippen molar-refractivity contribution in [2.45, 2.75) is 43.7 Å². The number of tetrazole rings is 1. The minimum Gasteiger partial charge on any atom is -0.392 e. The van der Waals surface area contributed by atoms with E-state index >= 15 is 0 Å². The van der Waals surface area contributed by atoms with E-state index < -0.39 is 6.29 Å². The van der Waals surface area contributed by atoms with Crippen LogP contribution in [0.1, 0.15) is 51.9 Å². The Bertz CT molecular complexity index is 1710. The minimum atomic E-state index is -0.569. The zero-order valence-corrected chi connectivity index (χ0v) is 25.9. The Morgan fingerprint density at radius 1 is 0.889 bits per heavy atom. The number of aryl methyl sites for hydroxylation is 1. The first-order valence-electron chi connectivity index (χ1n) is 14.9. The summed E-state index contributed by atoms with van der Waals surface area (Å²) in [5, 5.41) is 25.1. The van der Waals surface area contributed by atoms with Gasteiger partial charge in [0.15, 0.2) is 6.29 Å². The topological polar surface area (TPSA) is 111 Å². The summed E-state index contributed by atoms with van der Waals surface area (Å²) in [7, 11) is 1.82. The molecule has 4 aromatic carbocycles. The highest BCUT2D eigenvalue weighted by molar-refractivity contribution is 7.99. The average molecular weight is 622 g/mol. The number of carbonyl (C=O) groups excluding carboxylic acids is 1. The van der Waals surface area contributed by atoms with Gasteiger partial charge in [0.05, 0.1) is 18.8 Å². The van der Waals surface area contributed by atoms with Gasteiger partial charge in [0.2, 0.25) is 5.16 Å². The van der Waals surface area contributed by atoms with Gasteiger partial charge in [-0.1, -0.05) is 104 Å². The van der Waals surface area contributed by atoms with E-state index in [1.807, 2.05) is 73.8 Å². The van der Waals surface area contributed by atoms with Gasteiger partial charge in [0.1, 0.15) is 0 Å². The van der Waals surface area contributed by atoms with E-state index in [2.05, 4.69) is 52.0 Å². The van der Waals surface area contributed by atoms with E-state index in [-0.39, 0.29) is 30.6 Å². The summed E-state index contributed by atoms with van der Waals surface area (Å²) < 4.78 is 14.8. The van der Waals surface area contributed by atoms with E-state index in [0.29, 0.717) is 17.9 Å². The zero-order valence-electron chi connectivity index (χ0n) is 25.1. The molecule has 2 heterocycles. The highest BCUT2D eigenvalue weighted by atomic mass is 32.2. The van der Waals surface area contributed by atoms with Crippen molar-refractivity contribution in [2.75, 3.05) is 5.75 Å². The SMILES string of the molecule is C[C@@H]1[C@H](CSc2nnnn2C)O[C@H](c2ccc(-c3cccc(CNC(=O)c4ccccc4)c3)cc2)O[C@@H]1c1ccc(CO)cc1. The molecule has 1 aliphatic heterocycles. The van der Waals surface area contributed by atoms with Crippen LogP contribution in [0.15, 0.2) is 108 Å². The second-order valence-electron chi connectivity index (χ2n) is 11.1. The van der Waals surface area contributed by atoms with Gasteiger partial charge in [-0.3, -0.25) is 4.79 Å². The lowest BCUT2D eigenvalue weighted by atomic mass is 9.91. The first-order valence-corrected chi connectivity index (χ1v) is 15.9. The largest absolute Gasteiger partial charge is 0.392 e. The number of amides is 1. The van der Waals surface area contributed by atoms with E-state index in [4.69, 9.17) is 9.47 Å². The lowest BCUT2D eigenvalue weighted by Crippen LogP contribution is -2.38. The summed E-state index contributed by atoms with van der Waals surface area (Å²) in [6, 6.07) is 33.5. The summed E-state index contributed by atoms with van der Waals surface area (Å²) in [5.41, 5.74) is 6.58.